The number of benzene rings is 2. The number of piperidine rings is 2. The van der Waals surface area contributed by atoms with Gasteiger partial charge in [0, 0.05) is 37.4 Å². The summed E-state index contributed by atoms with van der Waals surface area (Å²) >= 11 is 6.41. The van der Waals surface area contributed by atoms with Crippen molar-refractivity contribution in [1.82, 2.24) is 9.80 Å². The summed E-state index contributed by atoms with van der Waals surface area (Å²) in [5.41, 5.74) is -2.79. The van der Waals surface area contributed by atoms with Gasteiger partial charge in [0.1, 0.15) is 6.17 Å². The van der Waals surface area contributed by atoms with Gasteiger partial charge in [0.2, 0.25) is 0 Å². The lowest BCUT2D eigenvalue weighted by molar-refractivity contribution is -0.262. The van der Waals surface area contributed by atoms with Crippen LogP contribution in [0.25, 0.3) is 0 Å². The minimum atomic E-state index is -5.14. The molecule has 1 atom stereocenters. The molecule has 1 N–H and O–H groups in total. The number of aliphatic hydroxyl groups is 1. The third-order valence-electron chi connectivity index (χ3n) is 8.62. The lowest BCUT2D eigenvalue weighted by Crippen LogP contribution is -2.57. The average Bonchev–Trinajstić information content (AvgIpc) is 2.94. The lowest BCUT2D eigenvalue weighted by atomic mass is 9.78. The number of carbonyl (C=O) groups excluding carboxylic acids is 2. The van der Waals surface area contributed by atoms with Gasteiger partial charge in [0.15, 0.2) is 0 Å². The van der Waals surface area contributed by atoms with Crippen LogP contribution < -0.4 is 4.90 Å². The third kappa shape index (κ3) is 5.40. The van der Waals surface area contributed by atoms with Crippen molar-refractivity contribution in [1.29, 1.82) is 0 Å². The maximum Gasteiger partial charge on any atom is 0.430 e. The van der Waals surface area contributed by atoms with Crippen LogP contribution in [0.2, 0.25) is 5.02 Å². The number of hydrogen-bond donors (Lipinski definition) is 1. The molecular weight excluding hydrogens is 550 g/mol. The summed E-state index contributed by atoms with van der Waals surface area (Å²) in [6, 6.07) is 11.8. The molecule has 3 saturated heterocycles. The molecule has 0 aliphatic carbocycles. The van der Waals surface area contributed by atoms with Crippen molar-refractivity contribution in [2.45, 2.75) is 43.6 Å². The smallest absolute Gasteiger partial charge is 0.371 e. The van der Waals surface area contributed by atoms with Gasteiger partial charge in [-0.3, -0.25) is 9.59 Å². The number of hydrogen-bond acceptors (Lipinski definition) is 4. The van der Waals surface area contributed by atoms with Crippen molar-refractivity contribution in [3.63, 3.8) is 0 Å². The summed E-state index contributed by atoms with van der Waals surface area (Å²) in [5.74, 6) is -0.940. The summed E-state index contributed by atoms with van der Waals surface area (Å²) in [5, 5.41) is 11.0. The Morgan fingerprint density at radius 1 is 0.850 bits per heavy atom. The Labute approximate surface area is 235 Å². The van der Waals surface area contributed by atoms with Crippen LogP contribution in [0.15, 0.2) is 48.5 Å². The standard InChI is InChI=1S/C29H32ClF4N3O3/c30-25-16-23(6-7-24(25)26(38)37-17-22(31)18-37)35-12-8-19(9-13-35)20-10-14-36(15-11-20)27(39)28(40,29(32,33)34)21-4-2-1-3-5-21/h1-7,16,19-20,22,40H,8-15,17-18H2/t28-/m1/s1. The Morgan fingerprint density at radius 3 is 1.95 bits per heavy atom. The number of amides is 2. The van der Waals surface area contributed by atoms with Crippen LogP contribution in [0.5, 0.6) is 0 Å². The SMILES string of the molecule is O=C(c1ccc(N2CCC(C3CCN(C(=O)[C@](O)(c4ccccc4)C(F)(F)F)CC3)CC2)cc1Cl)N1CC(F)C1. The number of halogens is 5. The van der Waals surface area contributed by atoms with Crippen LogP contribution in [-0.2, 0) is 10.4 Å². The minimum absolute atomic E-state index is 0.0910. The zero-order chi connectivity index (χ0) is 28.7. The summed E-state index contributed by atoms with van der Waals surface area (Å²) in [7, 11) is 0. The van der Waals surface area contributed by atoms with E-state index in [1.807, 2.05) is 6.07 Å². The van der Waals surface area contributed by atoms with E-state index in [9.17, 15) is 32.3 Å². The van der Waals surface area contributed by atoms with E-state index in [1.54, 1.807) is 12.1 Å². The fourth-order valence-electron chi connectivity index (χ4n) is 6.15. The molecule has 0 saturated carbocycles. The van der Waals surface area contributed by atoms with Gasteiger partial charge in [-0.1, -0.05) is 41.9 Å². The quantitative estimate of drug-likeness (QED) is 0.503. The first-order chi connectivity index (χ1) is 19.0. The fraction of sp³-hybridized carbons (Fsp3) is 0.517. The van der Waals surface area contributed by atoms with Gasteiger partial charge in [-0.05, 0) is 55.7 Å². The second-order valence-corrected chi connectivity index (χ2v) is 11.4. The second kappa shape index (κ2) is 11.2. The molecule has 11 heteroatoms. The number of likely N-dealkylation sites (tertiary alicyclic amines) is 2. The Kier molecular flexibility index (Phi) is 8.03. The molecule has 2 amide bonds. The number of anilines is 1. The van der Waals surface area contributed by atoms with E-state index in [2.05, 4.69) is 4.90 Å². The predicted octanol–water partition coefficient (Wildman–Crippen LogP) is 5.04. The number of carbonyl (C=O) groups is 2. The molecule has 6 nitrogen and oxygen atoms in total. The van der Waals surface area contributed by atoms with Crippen molar-refractivity contribution < 1.29 is 32.3 Å². The first-order valence-electron chi connectivity index (χ1n) is 13.6. The Bertz CT molecular complexity index is 1220. The fourth-order valence-corrected chi connectivity index (χ4v) is 6.41. The monoisotopic (exact) mass is 581 g/mol. The van der Waals surface area contributed by atoms with E-state index < -0.39 is 29.4 Å². The number of rotatable bonds is 5. The van der Waals surface area contributed by atoms with Gasteiger partial charge in [0.25, 0.3) is 17.4 Å². The first kappa shape index (κ1) is 28.7. The zero-order valence-corrected chi connectivity index (χ0v) is 22.7. The molecule has 3 aliphatic heterocycles. The van der Waals surface area contributed by atoms with Crippen LogP contribution in [0.3, 0.4) is 0 Å². The summed E-state index contributed by atoms with van der Waals surface area (Å²) in [6.07, 6.45) is -3.18. The molecule has 2 aromatic carbocycles. The highest BCUT2D eigenvalue weighted by Gasteiger charge is 2.62. The third-order valence-corrected chi connectivity index (χ3v) is 8.93. The maximum atomic E-state index is 14.0. The largest absolute Gasteiger partial charge is 0.430 e. The number of alkyl halides is 4. The highest BCUT2D eigenvalue weighted by atomic mass is 35.5. The molecule has 3 aliphatic rings. The molecule has 0 aromatic heterocycles. The van der Waals surface area contributed by atoms with Gasteiger partial charge in [-0.25, -0.2) is 4.39 Å². The zero-order valence-electron chi connectivity index (χ0n) is 21.9. The van der Waals surface area contributed by atoms with Crippen molar-refractivity contribution in [2.24, 2.45) is 11.8 Å². The van der Waals surface area contributed by atoms with Crippen LogP contribution >= 0.6 is 11.6 Å². The van der Waals surface area contributed by atoms with Gasteiger partial charge in [0.05, 0.1) is 23.7 Å². The van der Waals surface area contributed by atoms with E-state index in [0.29, 0.717) is 29.3 Å². The summed E-state index contributed by atoms with van der Waals surface area (Å²) in [4.78, 5) is 30.3. The van der Waals surface area contributed by atoms with E-state index in [1.165, 1.54) is 23.1 Å². The molecule has 216 valence electrons. The summed E-state index contributed by atoms with van der Waals surface area (Å²) in [6.45, 7) is 2.05. The average molecular weight is 582 g/mol. The van der Waals surface area contributed by atoms with Crippen molar-refractivity contribution in [3.05, 3.63) is 64.7 Å². The van der Waals surface area contributed by atoms with E-state index >= 15 is 0 Å². The van der Waals surface area contributed by atoms with Crippen LogP contribution in [0, 0.1) is 11.8 Å². The van der Waals surface area contributed by atoms with Crippen molar-refractivity contribution in [3.8, 4) is 0 Å². The van der Waals surface area contributed by atoms with Crippen LogP contribution in [0.1, 0.15) is 41.6 Å². The second-order valence-electron chi connectivity index (χ2n) is 11.0. The Balaban J connectivity index is 1.15. The molecular formula is C29H32ClF4N3O3. The molecule has 0 unspecified atom stereocenters. The lowest BCUT2D eigenvalue weighted by Gasteiger charge is -2.42. The first-order valence-corrected chi connectivity index (χ1v) is 14.0. The van der Waals surface area contributed by atoms with E-state index in [-0.39, 0.29) is 38.0 Å². The van der Waals surface area contributed by atoms with Crippen molar-refractivity contribution >= 4 is 29.1 Å². The van der Waals surface area contributed by atoms with Crippen molar-refractivity contribution in [2.75, 3.05) is 44.2 Å². The molecule has 40 heavy (non-hydrogen) atoms. The van der Waals surface area contributed by atoms with Gasteiger partial charge in [-0.15, -0.1) is 0 Å². The molecule has 5 rings (SSSR count). The van der Waals surface area contributed by atoms with Gasteiger partial charge in [-0.2, -0.15) is 13.2 Å². The highest BCUT2D eigenvalue weighted by molar-refractivity contribution is 6.34. The molecule has 0 radical (unpaired) electrons. The number of nitrogens with zero attached hydrogens (tertiary/aromatic N) is 3. The van der Waals surface area contributed by atoms with Gasteiger partial charge < -0.3 is 19.8 Å². The summed E-state index contributed by atoms with van der Waals surface area (Å²) < 4.78 is 55.0. The normalized spacial score (nSPS) is 21.2. The van der Waals surface area contributed by atoms with Crippen LogP contribution in [0.4, 0.5) is 23.2 Å². The Hall–Kier alpha value is -2.85. The van der Waals surface area contributed by atoms with E-state index in [4.69, 9.17) is 11.6 Å². The minimum Gasteiger partial charge on any atom is -0.371 e. The molecule has 0 spiro atoms. The maximum absolute atomic E-state index is 14.0. The molecule has 0 bridgehead atoms. The molecule has 3 fully saturated rings. The predicted molar refractivity (Wildman–Crippen MR) is 143 cm³/mol. The molecule has 3 heterocycles. The van der Waals surface area contributed by atoms with Crippen LogP contribution in [-0.4, -0.2) is 78.3 Å². The van der Waals surface area contributed by atoms with E-state index in [0.717, 1.165) is 48.7 Å². The Morgan fingerprint density at radius 2 is 1.43 bits per heavy atom. The molecule has 2 aromatic rings. The topological polar surface area (TPSA) is 64.1 Å². The van der Waals surface area contributed by atoms with Gasteiger partial charge >= 0.3 is 6.18 Å². The highest BCUT2D eigenvalue weighted by Crippen LogP contribution is 2.42.